The van der Waals surface area contributed by atoms with Crippen molar-refractivity contribution in [3.8, 4) is 5.75 Å². The maximum Gasteiger partial charge on any atom is 0.140 e. The van der Waals surface area contributed by atoms with Crippen molar-refractivity contribution in [2.45, 2.75) is 6.92 Å². The molecule has 1 aromatic rings. The van der Waals surface area contributed by atoms with Crippen molar-refractivity contribution in [1.29, 1.82) is 0 Å². The number of methoxy groups -OCH3 is 1. The fourth-order valence-electron chi connectivity index (χ4n) is 0.779. The summed E-state index contributed by atoms with van der Waals surface area (Å²) in [6, 6.07) is 1.78. The van der Waals surface area contributed by atoms with Crippen LogP contribution in [0.5, 0.6) is 5.75 Å². The molecule has 10 heavy (non-hydrogen) atoms. The molecule has 0 amide bonds. The second-order valence-corrected chi connectivity index (χ2v) is 2.08. The molecule has 1 rings (SSSR count). The maximum absolute atomic E-state index is 5.42. The highest BCUT2D eigenvalue weighted by molar-refractivity contribution is 5.39. The molecule has 0 saturated heterocycles. The second kappa shape index (κ2) is 2.56. The van der Waals surface area contributed by atoms with Crippen LogP contribution in [0.2, 0.25) is 0 Å². The second-order valence-electron chi connectivity index (χ2n) is 2.08. The van der Waals surface area contributed by atoms with Crippen LogP contribution in [0.4, 0.5) is 5.82 Å². The fraction of sp³-hybridized carbons (Fsp3) is 0.286. The minimum atomic E-state index is 0.526. The van der Waals surface area contributed by atoms with Crippen molar-refractivity contribution in [3.63, 3.8) is 0 Å². The lowest BCUT2D eigenvalue weighted by Crippen LogP contribution is -1.93. The van der Waals surface area contributed by atoms with Gasteiger partial charge in [0.05, 0.1) is 13.3 Å². The van der Waals surface area contributed by atoms with Crippen LogP contribution in [-0.4, -0.2) is 12.1 Å². The predicted molar refractivity (Wildman–Crippen MR) is 39.9 cm³/mol. The van der Waals surface area contributed by atoms with Gasteiger partial charge in [-0.25, -0.2) is 4.98 Å². The summed E-state index contributed by atoms with van der Waals surface area (Å²) in [4.78, 5) is 3.86. The number of nitrogens with two attached hydrogens (primary N) is 1. The lowest BCUT2D eigenvalue weighted by Gasteiger charge is -2.02. The number of nitrogens with zero attached hydrogens (tertiary/aromatic N) is 1. The number of anilines is 1. The molecular weight excluding hydrogens is 128 g/mol. The first-order valence-corrected chi connectivity index (χ1v) is 3.00. The molecule has 0 unspecified atom stereocenters. The molecule has 0 radical (unpaired) electrons. The molecule has 0 bridgehead atoms. The number of rotatable bonds is 1. The largest absolute Gasteiger partial charge is 0.495 e. The van der Waals surface area contributed by atoms with Gasteiger partial charge in [-0.3, -0.25) is 0 Å². The molecule has 0 aliphatic carbocycles. The first kappa shape index (κ1) is 6.86. The van der Waals surface area contributed by atoms with E-state index in [-0.39, 0.29) is 0 Å². The van der Waals surface area contributed by atoms with Gasteiger partial charge in [0.25, 0.3) is 0 Å². The normalized spacial score (nSPS) is 9.40. The van der Waals surface area contributed by atoms with E-state index in [1.165, 1.54) is 0 Å². The molecule has 54 valence electrons. The maximum atomic E-state index is 5.42. The first-order chi connectivity index (χ1) is 4.74. The third-order valence-corrected chi connectivity index (χ3v) is 1.30. The standard InChI is InChI=1S/C7H10N2O/c1-5-3-7(8)9-4-6(5)10-2/h3-4H,1-2H3,(H2,8,9). The smallest absolute Gasteiger partial charge is 0.140 e. The van der Waals surface area contributed by atoms with Crippen LogP contribution in [0, 0.1) is 6.92 Å². The van der Waals surface area contributed by atoms with Crippen molar-refractivity contribution in [3.05, 3.63) is 17.8 Å². The van der Waals surface area contributed by atoms with Gasteiger partial charge in [-0.2, -0.15) is 0 Å². The highest BCUT2D eigenvalue weighted by atomic mass is 16.5. The Bertz CT molecular complexity index is 235. The summed E-state index contributed by atoms with van der Waals surface area (Å²) in [6.45, 7) is 1.93. The molecule has 0 fully saturated rings. The Morgan fingerprint density at radius 1 is 1.60 bits per heavy atom. The summed E-state index contributed by atoms with van der Waals surface area (Å²) >= 11 is 0. The minimum absolute atomic E-state index is 0.526. The van der Waals surface area contributed by atoms with Gasteiger partial charge in [0.2, 0.25) is 0 Å². The Morgan fingerprint density at radius 2 is 2.30 bits per heavy atom. The molecule has 0 aromatic carbocycles. The molecule has 3 nitrogen and oxygen atoms in total. The van der Waals surface area contributed by atoms with E-state index in [4.69, 9.17) is 10.5 Å². The van der Waals surface area contributed by atoms with Crippen molar-refractivity contribution >= 4 is 5.82 Å². The van der Waals surface area contributed by atoms with Crippen LogP contribution in [0.15, 0.2) is 12.3 Å². The average Bonchev–Trinajstić information content (AvgIpc) is 1.88. The molecule has 3 heteroatoms. The molecular formula is C7H10N2O. The summed E-state index contributed by atoms with van der Waals surface area (Å²) < 4.78 is 4.98. The average molecular weight is 138 g/mol. The highest BCUT2D eigenvalue weighted by Gasteiger charge is 1.96. The van der Waals surface area contributed by atoms with E-state index in [2.05, 4.69) is 4.98 Å². The topological polar surface area (TPSA) is 48.1 Å². The lowest BCUT2D eigenvalue weighted by atomic mass is 10.3. The van der Waals surface area contributed by atoms with Crippen LogP contribution in [0.25, 0.3) is 0 Å². The van der Waals surface area contributed by atoms with Gasteiger partial charge in [0.15, 0.2) is 0 Å². The zero-order valence-electron chi connectivity index (χ0n) is 6.09. The van der Waals surface area contributed by atoms with E-state index in [0.29, 0.717) is 5.82 Å². The molecule has 2 N–H and O–H groups in total. The van der Waals surface area contributed by atoms with Gasteiger partial charge < -0.3 is 10.5 Å². The number of aromatic nitrogens is 1. The fourth-order valence-corrected chi connectivity index (χ4v) is 0.779. The van der Waals surface area contributed by atoms with Crippen LogP contribution in [0.1, 0.15) is 5.56 Å². The third kappa shape index (κ3) is 1.18. The Balaban J connectivity index is 3.07. The Labute approximate surface area is 59.8 Å². The quantitative estimate of drug-likeness (QED) is 0.629. The Morgan fingerprint density at radius 3 is 2.80 bits per heavy atom. The SMILES string of the molecule is COc1cnc(N)cc1C. The van der Waals surface area contributed by atoms with Crippen molar-refractivity contribution in [2.75, 3.05) is 12.8 Å². The van der Waals surface area contributed by atoms with E-state index in [1.54, 1.807) is 19.4 Å². The third-order valence-electron chi connectivity index (χ3n) is 1.30. The first-order valence-electron chi connectivity index (χ1n) is 3.00. The van der Waals surface area contributed by atoms with Crippen molar-refractivity contribution in [1.82, 2.24) is 4.98 Å². The van der Waals surface area contributed by atoms with E-state index >= 15 is 0 Å². The molecule has 1 heterocycles. The van der Waals surface area contributed by atoms with Crippen LogP contribution < -0.4 is 10.5 Å². The molecule has 0 aliphatic rings. The number of hydrogen-bond acceptors (Lipinski definition) is 3. The Kier molecular flexibility index (Phi) is 1.76. The number of pyridine rings is 1. The number of hydrogen-bond donors (Lipinski definition) is 1. The number of nitrogen functional groups attached to an aromatic ring is 1. The summed E-state index contributed by atoms with van der Waals surface area (Å²) in [5, 5.41) is 0. The zero-order chi connectivity index (χ0) is 7.56. The van der Waals surface area contributed by atoms with Crippen molar-refractivity contribution < 1.29 is 4.74 Å². The van der Waals surface area contributed by atoms with Gasteiger partial charge in [-0.1, -0.05) is 0 Å². The van der Waals surface area contributed by atoms with Crippen molar-refractivity contribution in [2.24, 2.45) is 0 Å². The molecule has 0 saturated carbocycles. The van der Waals surface area contributed by atoms with Crippen LogP contribution in [-0.2, 0) is 0 Å². The molecule has 0 spiro atoms. The van der Waals surface area contributed by atoms with E-state index in [0.717, 1.165) is 11.3 Å². The van der Waals surface area contributed by atoms with E-state index in [9.17, 15) is 0 Å². The summed E-state index contributed by atoms with van der Waals surface area (Å²) in [6.07, 6.45) is 1.62. The minimum Gasteiger partial charge on any atom is -0.495 e. The highest BCUT2D eigenvalue weighted by Crippen LogP contribution is 2.16. The number of ether oxygens (including phenoxy) is 1. The van der Waals surface area contributed by atoms with E-state index in [1.807, 2.05) is 6.92 Å². The van der Waals surface area contributed by atoms with E-state index < -0.39 is 0 Å². The molecule has 1 aromatic heterocycles. The Hall–Kier alpha value is -1.25. The monoisotopic (exact) mass is 138 g/mol. The van der Waals surface area contributed by atoms with Gasteiger partial charge in [0.1, 0.15) is 11.6 Å². The molecule has 0 atom stereocenters. The summed E-state index contributed by atoms with van der Waals surface area (Å²) in [7, 11) is 1.61. The van der Waals surface area contributed by atoms with Gasteiger partial charge >= 0.3 is 0 Å². The molecule has 0 aliphatic heterocycles. The predicted octanol–water partition coefficient (Wildman–Crippen LogP) is 0.981. The lowest BCUT2D eigenvalue weighted by molar-refractivity contribution is 0.410. The van der Waals surface area contributed by atoms with Crippen LogP contribution >= 0.6 is 0 Å². The van der Waals surface area contributed by atoms with Gasteiger partial charge in [0, 0.05) is 0 Å². The summed E-state index contributed by atoms with van der Waals surface area (Å²) in [5.41, 5.74) is 6.42. The van der Waals surface area contributed by atoms with Gasteiger partial charge in [-0.15, -0.1) is 0 Å². The number of aryl methyl sites for hydroxylation is 1. The summed E-state index contributed by atoms with van der Waals surface area (Å²) in [5.74, 6) is 1.30. The van der Waals surface area contributed by atoms with Crippen LogP contribution in [0.3, 0.4) is 0 Å². The van der Waals surface area contributed by atoms with Gasteiger partial charge in [-0.05, 0) is 18.6 Å². The zero-order valence-corrected chi connectivity index (χ0v) is 6.09.